The van der Waals surface area contributed by atoms with E-state index in [1.807, 2.05) is 54.6 Å². The van der Waals surface area contributed by atoms with Gasteiger partial charge in [-0.3, -0.25) is 19.4 Å². The van der Waals surface area contributed by atoms with E-state index >= 15 is 0 Å². The van der Waals surface area contributed by atoms with Crippen LogP contribution in [0.25, 0.3) is 6.08 Å². The number of benzene rings is 2. The van der Waals surface area contributed by atoms with Crippen LogP contribution < -0.4 is 4.74 Å². The summed E-state index contributed by atoms with van der Waals surface area (Å²) < 4.78 is 21.7. The average molecular weight is 493 g/mol. The van der Waals surface area contributed by atoms with Gasteiger partial charge < -0.3 is 18.9 Å². The number of hydrogen-bond acceptors (Lipinski definition) is 8. The van der Waals surface area contributed by atoms with E-state index in [1.165, 1.54) is 7.11 Å². The Morgan fingerprint density at radius 1 is 1.06 bits per heavy atom. The molecule has 2 aromatic rings. The Hall–Kier alpha value is -3.85. The summed E-state index contributed by atoms with van der Waals surface area (Å²) in [5.74, 6) is -0.909. The topological polar surface area (TPSA) is 94.6 Å². The van der Waals surface area contributed by atoms with Crippen LogP contribution in [0, 0.1) is 5.92 Å². The zero-order valence-electron chi connectivity index (χ0n) is 20.4. The molecule has 0 spiro atoms. The number of likely N-dealkylation sites (tertiary alicyclic amines) is 1. The van der Waals surface area contributed by atoms with Gasteiger partial charge in [-0.15, -0.1) is 0 Å². The standard InChI is InChI=1S/C27H28N2O7/c1-28-20(26(31)35-14-16-8-5-4-6-9-16)13-18(25(30)34-3)24(28)19-12-17-10-7-11-22(33-2)23(17)21-15-36-27(32)29(19)21/h4-12,18,20-21,24H,13-15H2,1-3H3/t18-,20+,21?,24+/m0/s1. The van der Waals surface area contributed by atoms with E-state index in [-0.39, 0.29) is 19.6 Å². The number of rotatable bonds is 6. The van der Waals surface area contributed by atoms with Gasteiger partial charge in [-0.2, -0.15) is 0 Å². The molecule has 36 heavy (non-hydrogen) atoms. The van der Waals surface area contributed by atoms with Gasteiger partial charge in [-0.05, 0) is 36.7 Å². The zero-order chi connectivity index (χ0) is 25.4. The monoisotopic (exact) mass is 492 g/mol. The van der Waals surface area contributed by atoms with Gasteiger partial charge >= 0.3 is 18.0 Å². The Morgan fingerprint density at radius 2 is 1.83 bits per heavy atom. The van der Waals surface area contributed by atoms with Gasteiger partial charge in [0, 0.05) is 11.3 Å². The Kier molecular flexibility index (Phi) is 6.40. The van der Waals surface area contributed by atoms with Crippen molar-refractivity contribution in [1.29, 1.82) is 0 Å². The van der Waals surface area contributed by atoms with Crippen LogP contribution in [0.5, 0.6) is 5.75 Å². The normalized spacial score (nSPS) is 24.9. The minimum Gasteiger partial charge on any atom is -0.496 e. The lowest BCUT2D eigenvalue weighted by atomic mass is 9.88. The van der Waals surface area contributed by atoms with Crippen LogP contribution in [0.2, 0.25) is 0 Å². The molecule has 0 N–H and O–H groups in total. The predicted molar refractivity (Wildman–Crippen MR) is 129 cm³/mol. The lowest BCUT2D eigenvalue weighted by molar-refractivity contribution is -0.150. The van der Waals surface area contributed by atoms with Crippen LogP contribution in [0.3, 0.4) is 0 Å². The summed E-state index contributed by atoms with van der Waals surface area (Å²) in [5.41, 5.74) is 3.18. The number of esters is 2. The van der Waals surface area contributed by atoms with Gasteiger partial charge in [0.05, 0.1) is 26.2 Å². The van der Waals surface area contributed by atoms with Crippen molar-refractivity contribution in [1.82, 2.24) is 9.80 Å². The molecule has 3 heterocycles. The fraction of sp³-hybridized carbons (Fsp3) is 0.370. The molecule has 0 bridgehead atoms. The van der Waals surface area contributed by atoms with Crippen LogP contribution >= 0.6 is 0 Å². The summed E-state index contributed by atoms with van der Waals surface area (Å²) >= 11 is 0. The zero-order valence-corrected chi connectivity index (χ0v) is 20.4. The molecular weight excluding hydrogens is 464 g/mol. The largest absolute Gasteiger partial charge is 0.496 e. The first-order valence-electron chi connectivity index (χ1n) is 11.8. The van der Waals surface area contributed by atoms with Crippen LogP contribution in [0.15, 0.2) is 54.2 Å². The SMILES string of the molecule is COC(=O)[C@H]1C[C@H](C(=O)OCc2ccccc2)N(C)[C@H]1C1=Cc2cccc(OC)c2C2COC(=O)N12. The second-order valence-electron chi connectivity index (χ2n) is 9.08. The average Bonchev–Trinajstić information content (AvgIpc) is 3.46. The van der Waals surface area contributed by atoms with Crippen LogP contribution in [0.4, 0.5) is 4.79 Å². The highest BCUT2D eigenvalue weighted by Gasteiger charge is 2.53. The minimum atomic E-state index is -0.688. The number of fused-ring (bicyclic) bond motifs is 3. The molecule has 2 saturated heterocycles. The summed E-state index contributed by atoms with van der Waals surface area (Å²) in [6, 6.07) is 13.4. The predicted octanol–water partition coefficient (Wildman–Crippen LogP) is 3.15. The van der Waals surface area contributed by atoms with Crippen molar-refractivity contribution in [2.24, 2.45) is 5.92 Å². The molecule has 1 amide bonds. The second-order valence-corrected chi connectivity index (χ2v) is 9.08. The molecule has 0 aliphatic carbocycles. The highest BCUT2D eigenvalue weighted by molar-refractivity contribution is 5.84. The van der Waals surface area contributed by atoms with Gasteiger partial charge in [0.2, 0.25) is 0 Å². The van der Waals surface area contributed by atoms with Crippen molar-refractivity contribution >= 4 is 24.1 Å². The number of nitrogens with zero attached hydrogens (tertiary/aromatic N) is 2. The number of ether oxygens (including phenoxy) is 4. The summed E-state index contributed by atoms with van der Waals surface area (Å²) in [7, 11) is 4.67. The van der Waals surface area contributed by atoms with Crippen molar-refractivity contribution < 1.29 is 33.3 Å². The summed E-state index contributed by atoms with van der Waals surface area (Å²) in [5, 5.41) is 0. The number of carbonyl (C=O) groups excluding carboxylic acids is 3. The number of methoxy groups -OCH3 is 2. The molecule has 4 atom stereocenters. The smallest absolute Gasteiger partial charge is 0.414 e. The first-order valence-corrected chi connectivity index (χ1v) is 11.8. The van der Waals surface area contributed by atoms with Gasteiger partial charge in [-0.25, -0.2) is 4.79 Å². The van der Waals surface area contributed by atoms with Crippen molar-refractivity contribution in [3.63, 3.8) is 0 Å². The van der Waals surface area contributed by atoms with Crippen LogP contribution in [-0.4, -0.2) is 67.8 Å². The lowest BCUT2D eigenvalue weighted by Gasteiger charge is -2.37. The molecule has 0 radical (unpaired) electrons. The van der Waals surface area contributed by atoms with E-state index in [9.17, 15) is 14.4 Å². The van der Waals surface area contributed by atoms with E-state index in [0.717, 1.165) is 16.7 Å². The number of carbonyl (C=O) groups is 3. The molecule has 0 saturated carbocycles. The Labute approximate surface area is 209 Å². The highest BCUT2D eigenvalue weighted by Crippen LogP contribution is 2.47. The molecule has 5 rings (SSSR count). The van der Waals surface area contributed by atoms with Crippen molar-refractivity contribution in [2.45, 2.75) is 31.2 Å². The Bertz CT molecular complexity index is 1210. The minimum absolute atomic E-state index is 0.133. The molecule has 3 aliphatic heterocycles. The molecule has 2 fully saturated rings. The number of likely N-dealkylation sites (N-methyl/N-ethyl adjacent to an activating group) is 1. The Morgan fingerprint density at radius 3 is 2.56 bits per heavy atom. The molecule has 9 heteroatoms. The fourth-order valence-electron chi connectivity index (χ4n) is 5.49. The number of hydrogen-bond donors (Lipinski definition) is 0. The van der Waals surface area contributed by atoms with E-state index in [2.05, 4.69) is 0 Å². The third-order valence-corrected chi connectivity index (χ3v) is 7.20. The second kappa shape index (κ2) is 9.66. The maximum absolute atomic E-state index is 13.1. The van der Waals surface area contributed by atoms with E-state index < -0.39 is 42.1 Å². The molecule has 1 unspecified atom stereocenters. The highest BCUT2D eigenvalue weighted by atomic mass is 16.6. The van der Waals surface area contributed by atoms with E-state index in [1.54, 1.807) is 24.0 Å². The van der Waals surface area contributed by atoms with E-state index in [4.69, 9.17) is 18.9 Å². The van der Waals surface area contributed by atoms with Gasteiger partial charge in [-0.1, -0.05) is 42.5 Å². The van der Waals surface area contributed by atoms with Gasteiger partial charge in [0.25, 0.3) is 0 Å². The maximum atomic E-state index is 13.1. The molecule has 9 nitrogen and oxygen atoms in total. The molecular formula is C27H28N2O7. The first kappa shape index (κ1) is 23.9. The number of cyclic esters (lactones) is 1. The van der Waals surface area contributed by atoms with Gasteiger partial charge in [0.15, 0.2) is 0 Å². The van der Waals surface area contributed by atoms with Crippen molar-refractivity contribution in [2.75, 3.05) is 27.9 Å². The summed E-state index contributed by atoms with van der Waals surface area (Å²) in [4.78, 5) is 42.3. The first-order chi connectivity index (χ1) is 17.4. The molecule has 188 valence electrons. The summed E-state index contributed by atoms with van der Waals surface area (Å²) in [6.07, 6.45) is 1.57. The molecule has 2 aromatic carbocycles. The lowest BCUT2D eigenvalue weighted by Crippen LogP contribution is -2.46. The fourth-order valence-corrected chi connectivity index (χ4v) is 5.49. The van der Waals surface area contributed by atoms with E-state index in [0.29, 0.717) is 11.4 Å². The molecule has 3 aliphatic rings. The summed E-state index contributed by atoms with van der Waals surface area (Å²) in [6.45, 7) is 0.291. The van der Waals surface area contributed by atoms with Crippen molar-refractivity contribution in [3.8, 4) is 5.75 Å². The van der Waals surface area contributed by atoms with Gasteiger partial charge in [0.1, 0.15) is 31.0 Å². The third-order valence-electron chi connectivity index (χ3n) is 7.20. The number of amides is 1. The Balaban J connectivity index is 1.49. The van der Waals surface area contributed by atoms with Crippen LogP contribution in [-0.2, 0) is 30.4 Å². The van der Waals surface area contributed by atoms with Crippen molar-refractivity contribution in [3.05, 3.63) is 70.9 Å². The third kappa shape index (κ3) is 3.99. The van der Waals surface area contributed by atoms with Crippen LogP contribution in [0.1, 0.15) is 29.2 Å². The molecule has 0 aromatic heterocycles. The quantitative estimate of drug-likeness (QED) is 0.449. The maximum Gasteiger partial charge on any atom is 0.414 e.